The highest BCUT2D eigenvalue weighted by atomic mass is 32.2. The first-order chi connectivity index (χ1) is 9.95. The summed E-state index contributed by atoms with van der Waals surface area (Å²) in [5.41, 5.74) is 0.871. The maximum absolute atomic E-state index is 11.9. The van der Waals surface area contributed by atoms with E-state index in [-0.39, 0.29) is 18.2 Å². The largest absolute Gasteiger partial charge is 0.374 e. The number of alkyl halides is 2. The van der Waals surface area contributed by atoms with Crippen LogP contribution in [0.3, 0.4) is 0 Å². The zero-order valence-electron chi connectivity index (χ0n) is 11.7. The number of ether oxygens (including phenoxy) is 1. The van der Waals surface area contributed by atoms with Crippen molar-refractivity contribution in [2.75, 3.05) is 26.3 Å². The zero-order valence-corrected chi connectivity index (χ0v) is 12.5. The number of rotatable bonds is 10. The molecular formula is C12H19F2N3O3S. The second-order valence-corrected chi connectivity index (χ2v) is 5.86. The van der Waals surface area contributed by atoms with Crippen LogP contribution in [-0.4, -0.2) is 46.1 Å². The maximum Gasteiger partial charge on any atom is 0.261 e. The Morgan fingerprint density at radius 2 is 2.14 bits per heavy atom. The monoisotopic (exact) mass is 323 g/mol. The summed E-state index contributed by atoms with van der Waals surface area (Å²) in [6.45, 7) is 2.46. The fourth-order valence-corrected chi connectivity index (χ4v) is 2.38. The van der Waals surface area contributed by atoms with E-state index in [0.29, 0.717) is 6.54 Å². The van der Waals surface area contributed by atoms with E-state index in [1.165, 1.54) is 12.3 Å². The molecule has 0 amide bonds. The molecule has 0 aliphatic carbocycles. The van der Waals surface area contributed by atoms with Crippen molar-refractivity contribution in [3.05, 3.63) is 23.9 Å². The van der Waals surface area contributed by atoms with Crippen LogP contribution in [-0.2, 0) is 21.3 Å². The van der Waals surface area contributed by atoms with Crippen LogP contribution < -0.4 is 10.0 Å². The summed E-state index contributed by atoms with van der Waals surface area (Å²) in [4.78, 5) is 3.88. The molecule has 0 atom stereocenters. The average Bonchev–Trinajstić information content (AvgIpc) is 2.44. The molecule has 0 aliphatic rings. The Labute approximate surface area is 123 Å². The molecule has 2 N–H and O–H groups in total. The van der Waals surface area contributed by atoms with Crippen molar-refractivity contribution in [3.8, 4) is 0 Å². The molecule has 9 heteroatoms. The summed E-state index contributed by atoms with van der Waals surface area (Å²) in [7, 11) is -3.75. The zero-order chi connectivity index (χ0) is 15.7. The van der Waals surface area contributed by atoms with Gasteiger partial charge in [-0.05, 0) is 18.2 Å². The lowest BCUT2D eigenvalue weighted by molar-refractivity contribution is 0.0199. The van der Waals surface area contributed by atoms with E-state index in [4.69, 9.17) is 0 Å². The van der Waals surface area contributed by atoms with Crippen LogP contribution >= 0.6 is 0 Å². The Kier molecular flexibility index (Phi) is 7.65. The third-order valence-electron chi connectivity index (χ3n) is 2.43. The van der Waals surface area contributed by atoms with Gasteiger partial charge in [0, 0.05) is 19.3 Å². The first-order valence-corrected chi connectivity index (χ1v) is 7.95. The number of hydrogen-bond donors (Lipinski definition) is 2. The van der Waals surface area contributed by atoms with E-state index < -0.39 is 23.1 Å². The summed E-state index contributed by atoms with van der Waals surface area (Å²) in [5.74, 6) is 0. The van der Waals surface area contributed by atoms with Gasteiger partial charge in [0.2, 0.25) is 0 Å². The fraction of sp³-hybridized carbons (Fsp3) is 0.583. The molecule has 0 aromatic carbocycles. The fourth-order valence-electron chi connectivity index (χ4n) is 1.44. The second-order valence-electron chi connectivity index (χ2n) is 4.15. The number of nitrogens with one attached hydrogen (secondary N) is 2. The first-order valence-electron chi connectivity index (χ1n) is 6.47. The van der Waals surface area contributed by atoms with Crippen molar-refractivity contribution < 1.29 is 21.9 Å². The van der Waals surface area contributed by atoms with E-state index in [1.807, 2.05) is 6.92 Å². The van der Waals surface area contributed by atoms with Gasteiger partial charge in [-0.15, -0.1) is 0 Å². The van der Waals surface area contributed by atoms with Gasteiger partial charge in [-0.3, -0.25) is 0 Å². The molecule has 0 fully saturated rings. The lowest BCUT2D eigenvalue weighted by Gasteiger charge is -2.07. The van der Waals surface area contributed by atoms with Crippen molar-refractivity contribution in [2.45, 2.75) is 24.9 Å². The quantitative estimate of drug-likeness (QED) is 0.621. The lowest BCUT2D eigenvalue weighted by Crippen LogP contribution is -2.28. The van der Waals surface area contributed by atoms with E-state index in [2.05, 4.69) is 19.8 Å². The van der Waals surface area contributed by atoms with Gasteiger partial charge in [-0.1, -0.05) is 13.0 Å². The van der Waals surface area contributed by atoms with Crippen LogP contribution in [0, 0.1) is 0 Å². The van der Waals surface area contributed by atoms with Gasteiger partial charge in [-0.25, -0.2) is 26.9 Å². The number of halogens is 2. The average molecular weight is 323 g/mol. The Morgan fingerprint density at radius 3 is 2.71 bits per heavy atom. The molecule has 1 heterocycles. The number of nitrogens with zero attached hydrogens (tertiary/aromatic N) is 1. The molecule has 0 saturated carbocycles. The third-order valence-corrected chi connectivity index (χ3v) is 3.81. The Hall–Kier alpha value is -1.16. The van der Waals surface area contributed by atoms with E-state index >= 15 is 0 Å². The Balaban J connectivity index is 2.46. The van der Waals surface area contributed by atoms with Crippen molar-refractivity contribution in [1.82, 2.24) is 15.0 Å². The number of sulfonamides is 1. The predicted octanol–water partition coefficient (Wildman–Crippen LogP) is 0.751. The molecule has 0 spiro atoms. The maximum atomic E-state index is 11.9. The molecule has 1 aromatic rings. The van der Waals surface area contributed by atoms with E-state index in [0.717, 1.165) is 12.1 Å². The van der Waals surface area contributed by atoms with Gasteiger partial charge < -0.3 is 10.1 Å². The highest BCUT2D eigenvalue weighted by Gasteiger charge is 2.14. The molecule has 0 radical (unpaired) electrons. The molecule has 1 rings (SSSR count). The molecule has 21 heavy (non-hydrogen) atoms. The lowest BCUT2D eigenvalue weighted by atomic mass is 10.3. The molecule has 120 valence electrons. The number of aromatic nitrogens is 1. The van der Waals surface area contributed by atoms with Crippen molar-refractivity contribution in [2.24, 2.45) is 0 Å². The minimum Gasteiger partial charge on any atom is -0.374 e. The first kappa shape index (κ1) is 17.9. The van der Waals surface area contributed by atoms with E-state index in [9.17, 15) is 17.2 Å². The minimum atomic E-state index is -3.75. The van der Waals surface area contributed by atoms with Gasteiger partial charge in [0.1, 0.15) is 6.61 Å². The van der Waals surface area contributed by atoms with Crippen molar-refractivity contribution in [3.63, 3.8) is 0 Å². The van der Waals surface area contributed by atoms with Gasteiger partial charge in [0.15, 0.2) is 5.03 Å². The smallest absolute Gasteiger partial charge is 0.261 e. The molecule has 0 saturated heterocycles. The summed E-state index contributed by atoms with van der Waals surface area (Å²) < 4.78 is 54.2. The minimum absolute atomic E-state index is 0.0874. The summed E-state index contributed by atoms with van der Waals surface area (Å²) in [6.07, 6.45) is -1.09. The van der Waals surface area contributed by atoms with Crippen LogP contribution in [0.4, 0.5) is 8.78 Å². The van der Waals surface area contributed by atoms with Crippen LogP contribution in [0.15, 0.2) is 23.4 Å². The standard InChI is InChI=1S/C12H19F2N3O3S/c1-2-15-7-10-3-4-12(16-8-10)21(18,19)17-5-6-20-9-11(13)14/h3-4,8,11,15,17H,2,5-7,9H2,1H3. The third kappa shape index (κ3) is 6.89. The van der Waals surface area contributed by atoms with Crippen LogP contribution in [0.5, 0.6) is 0 Å². The summed E-state index contributed by atoms with van der Waals surface area (Å²) in [5, 5.41) is 2.98. The van der Waals surface area contributed by atoms with Crippen molar-refractivity contribution >= 4 is 10.0 Å². The van der Waals surface area contributed by atoms with Crippen LogP contribution in [0.2, 0.25) is 0 Å². The molecule has 6 nitrogen and oxygen atoms in total. The Bertz CT molecular complexity index is 509. The molecular weight excluding hydrogens is 304 g/mol. The number of hydrogen-bond acceptors (Lipinski definition) is 5. The van der Waals surface area contributed by atoms with Gasteiger partial charge in [0.25, 0.3) is 16.4 Å². The highest BCUT2D eigenvalue weighted by molar-refractivity contribution is 7.89. The van der Waals surface area contributed by atoms with Crippen LogP contribution in [0.25, 0.3) is 0 Å². The summed E-state index contributed by atoms with van der Waals surface area (Å²) >= 11 is 0. The normalized spacial score (nSPS) is 12.0. The molecule has 0 bridgehead atoms. The topological polar surface area (TPSA) is 80.3 Å². The second kappa shape index (κ2) is 8.98. The predicted molar refractivity (Wildman–Crippen MR) is 73.6 cm³/mol. The molecule has 0 aliphatic heterocycles. The SMILES string of the molecule is CCNCc1ccc(S(=O)(=O)NCCOCC(F)F)nc1. The van der Waals surface area contributed by atoms with Gasteiger partial charge >= 0.3 is 0 Å². The number of pyridine rings is 1. The molecule has 1 aromatic heterocycles. The van der Waals surface area contributed by atoms with Crippen molar-refractivity contribution in [1.29, 1.82) is 0 Å². The highest BCUT2D eigenvalue weighted by Crippen LogP contribution is 2.06. The Morgan fingerprint density at radius 1 is 1.38 bits per heavy atom. The van der Waals surface area contributed by atoms with Crippen LogP contribution in [0.1, 0.15) is 12.5 Å². The van der Waals surface area contributed by atoms with E-state index in [1.54, 1.807) is 6.07 Å². The van der Waals surface area contributed by atoms with Gasteiger partial charge in [-0.2, -0.15) is 0 Å². The summed E-state index contributed by atoms with van der Waals surface area (Å²) in [6, 6.07) is 3.06. The molecule has 0 unspecified atom stereocenters. The van der Waals surface area contributed by atoms with Gasteiger partial charge in [0.05, 0.1) is 6.61 Å².